The van der Waals surface area contributed by atoms with E-state index in [2.05, 4.69) is 5.10 Å². The van der Waals surface area contributed by atoms with E-state index >= 15 is 0 Å². The summed E-state index contributed by atoms with van der Waals surface area (Å²) in [6, 6.07) is 6.68. The summed E-state index contributed by atoms with van der Waals surface area (Å²) in [5, 5.41) is 23.8. The molecule has 0 saturated heterocycles. The molecule has 2 atom stereocenters. The Bertz CT molecular complexity index is 1020. The lowest BCUT2D eigenvalue weighted by atomic mass is 9.96. The van der Waals surface area contributed by atoms with Crippen LogP contribution in [0.25, 0.3) is 5.69 Å². The molecule has 1 fully saturated rings. The van der Waals surface area contributed by atoms with Crippen LogP contribution in [0, 0.1) is 12.3 Å². The van der Waals surface area contributed by atoms with Gasteiger partial charge in [0.1, 0.15) is 5.69 Å². The van der Waals surface area contributed by atoms with Gasteiger partial charge in [-0.1, -0.05) is 19.1 Å². The van der Waals surface area contributed by atoms with Gasteiger partial charge in [-0.05, 0) is 55.9 Å². The minimum Gasteiger partial charge on any atom is -0.481 e. The van der Waals surface area contributed by atoms with Crippen LogP contribution in [0.4, 0.5) is 13.2 Å². The van der Waals surface area contributed by atoms with Gasteiger partial charge in [0.15, 0.2) is 0 Å². The lowest BCUT2D eigenvalue weighted by Crippen LogP contribution is -2.44. The van der Waals surface area contributed by atoms with Crippen LogP contribution in [0.5, 0.6) is 0 Å². The van der Waals surface area contributed by atoms with Gasteiger partial charge in [0.05, 0.1) is 11.1 Å². The summed E-state index contributed by atoms with van der Waals surface area (Å²) in [7, 11) is -1.69. The Morgan fingerprint density at radius 3 is 2.47 bits per heavy atom. The highest BCUT2D eigenvalue weighted by Crippen LogP contribution is 2.49. The topological polar surface area (TPSA) is 92.4 Å². The van der Waals surface area contributed by atoms with Crippen molar-refractivity contribution < 1.29 is 32.4 Å². The van der Waals surface area contributed by atoms with Crippen molar-refractivity contribution in [3.8, 4) is 5.69 Å². The highest BCUT2D eigenvalue weighted by atomic mass is 32.2. The molecule has 10 heteroatoms. The average Bonchev–Trinajstić information content (AvgIpc) is 3.38. The average molecular weight is 473 g/mol. The molecular formula is C22H27F3N2O4S. The number of carbonyl (C=O) groups is 1. The fourth-order valence-electron chi connectivity index (χ4n) is 3.68. The molecule has 3 rings (SSSR count). The molecule has 1 heterocycles. The van der Waals surface area contributed by atoms with E-state index < -0.39 is 51.8 Å². The first-order chi connectivity index (χ1) is 14.9. The summed E-state index contributed by atoms with van der Waals surface area (Å²) in [4.78, 5) is 11.2. The van der Waals surface area contributed by atoms with Gasteiger partial charge in [-0.15, -0.1) is 0 Å². The van der Waals surface area contributed by atoms with Crippen molar-refractivity contribution in [2.75, 3.05) is 11.5 Å². The second-order valence-corrected chi connectivity index (χ2v) is 10.1. The number of alkyl halides is 3. The third kappa shape index (κ3) is 4.91. The van der Waals surface area contributed by atoms with Crippen molar-refractivity contribution in [3.05, 3.63) is 47.3 Å². The second kappa shape index (κ2) is 8.97. The Morgan fingerprint density at radius 2 is 1.94 bits per heavy atom. The SMILES string of the molecule is CCc1ccc(-n2ccc(C(O)(CCS(=O)CCC3(C(=O)O)CC3)C(F)(F)F)n2)c(C)c1. The van der Waals surface area contributed by atoms with Crippen molar-refractivity contribution in [3.63, 3.8) is 0 Å². The molecule has 2 unspecified atom stereocenters. The van der Waals surface area contributed by atoms with Gasteiger partial charge in [0.2, 0.25) is 5.60 Å². The van der Waals surface area contributed by atoms with Crippen LogP contribution < -0.4 is 0 Å². The van der Waals surface area contributed by atoms with E-state index in [0.717, 1.165) is 23.6 Å². The van der Waals surface area contributed by atoms with E-state index in [1.807, 2.05) is 26.0 Å². The minimum atomic E-state index is -5.02. The molecule has 1 aliphatic carbocycles. The molecule has 2 aromatic rings. The highest BCUT2D eigenvalue weighted by Gasteiger charge is 2.56. The quantitative estimate of drug-likeness (QED) is 0.547. The molecule has 0 spiro atoms. The molecule has 6 nitrogen and oxygen atoms in total. The van der Waals surface area contributed by atoms with Gasteiger partial charge in [-0.25, -0.2) is 4.68 Å². The molecule has 1 aromatic heterocycles. The molecule has 32 heavy (non-hydrogen) atoms. The number of hydrogen-bond donors (Lipinski definition) is 2. The predicted octanol–water partition coefficient (Wildman–Crippen LogP) is 3.89. The number of aromatic nitrogens is 2. The van der Waals surface area contributed by atoms with E-state index in [1.165, 1.54) is 10.9 Å². The molecule has 1 saturated carbocycles. The summed E-state index contributed by atoms with van der Waals surface area (Å²) in [6.45, 7) is 3.83. The van der Waals surface area contributed by atoms with Crippen LogP contribution in [0.1, 0.15) is 49.4 Å². The van der Waals surface area contributed by atoms with E-state index in [4.69, 9.17) is 0 Å². The third-order valence-corrected chi connectivity index (χ3v) is 7.52. The van der Waals surface area contributed by atoms with E-state index in [0.29, 0.717) is 18.5 Å². The van der Waals surface area contributed by atoms with Crippen LogP contribution in [-0.2, 0) is 27.6 Å². The number of aryl methyl sites for hydroxylation is 2. The summed E-state index contributed by atoms with van der Waals surface area (Å²) < 4.78 is 55.1. The zero-order chi connectivity index (χ0) is 23.7. The lowest BCUT2D eigenvalue weighted by molar-refractivity contribution is -0.268. The lowest BCUT2D eigenvalue weighted by Gasteiger charge is -2.28. The monoisotopic (exact) mass is 472 g/mol. The fourth-order valence-corrected chi connectivity index (χ4v) is 5.03. The molecule has 1 aliphatic rings. The van der Waals surface area contributed by atoms with Crippen molar-refractivity contribution in [1.29, 1.82) is 0 Å². The van der Waals surface area contributed by atoms with Crippen molar-refractivity contribution in [2.45, 2.75) is 57.7 Å². The van der Waals surface area contributed by atoms with Crippen molar-refractivity contribution >= 4 is 16.8 Å². The fraction of sp³-hybridized carbons (Fsp3) is 0.545. The number of carboxylic acid groups (broad SMARTS) is 1. The molecule has 0 radical (unpaired) electrons. The largest absolute Gasteiger partial charge is 0.481 e. The maximum Gasteiger partial charge on any atom is 0.423 e. The van der Waals surface area contributed by atoms with E-state index in [1.54, 1.807) is 6.07 Å². The molecule has 2 N–H and O–H groups in total. The Kier molecular flexibility index (Phi) is 6.86. The molecule has 176 valence electrons. The van der Waals surface area contributed by atoms with E-state index in [9.17, 15) is 32.4 Å². The molecule has 0 aliphatic heterocycles. The molecule has 1 aromatic carbocycles. The zero-order valence-electron chi connectivity index (χ0n) is 18.0. The Hall–Kier alpha value is -2.20. The van der Waals surface area contributed by atoms with Crippen molar-refractivity contribution in [2.24, 2.45) is 5.41 Å². The van der Waals surface area contributed by atoms with Gasteiger partial charge in [0, 0.05) is 34.9 Å². The van der Waals surface area contributed by atoms with E-state index in [-0.39, 0.29) is 12.2 Å². The third-order valence-electron chi connectivity index (χ3n) is 6.21. The van der Waals surface area contributed by atoms with Crippen LogP contribution in [0.3, 0.4) is 0 Å². The van der Waals surface area contributed by atoms with Crippen LogP contribution >= 0.6 is 0 Å². The first-order valence-corrected chi connectivity index (χ1v) is 11.9. The second-order valence-electron chi connectivity index (χ2n) is 8.41. The Balaban J connectivity index is 1.75. The molecular weight excluding hydrogens is 445 g/mol. The summed E-state index contributed by atoms with van der Waals surface area (Å²) in [6.07, 6.45) is -2.53. The number of carboxylic acids is 1. The molecule has 0 bridgehead atoms. The van der Waals surface area contributed by atoms with Gasteiger partial charge in [-0.2, -0.15) is 18.3 Å². The summed E-state index contributed by atoms with van der Waals surface area (Å²) >= 11 is 0. The smallest absolute Gasteiger partial charge is 0.423 e. The number of rotatable bonds is 10. The highest BCUT2D eigenvalue weighted by molar-refractivity contribution is 7.84. The summed E-state index contributed by atoms with van der Waals surface area (Å²) in [5.41, 5.74) is -2.18. The minimum absolute atomic E-state index is 0.0162. The van der Waals surface area contributed by atoms with Crippen molar-refractivity contribution in [1.82, 2.24) is 9.78 Å². The standard InChI is InChI=1S/C22H27F3N2O4S/c1-3-16-4-5-17(15(2)14-16)27-11-6-18(26-27)21(30,22(23,24)25)10-13-32(31)12-9-20(7-8-20)19(28)29/h4-6,11,14,30H,3,7-10,12-13H2,1-2H3,(H,28,29). The van der Waals surface area contributed by atoms with Gasteiger partial charge < -0.3 is 10.2 Å². The van der Waals surface area contributed by atoms with Gasteiger partial charge >= 0.3 is 12.1 Å². The first-order valence-electron chi connectivity index (χ1n) is 10.5. The van der Waals surface area contributed by atoms with Gasteiger partial charge in [0.25, 0.3) is 0 Å². The molecule has 0 amide bonds. The van der Waals surface area contributed by atoms with Crippen LogP contribution in [-0.4, -0.2) is 47.9 Å². The maximum absolute atomic E-state index is 13.8. The Labute approximate surface area is 186 Å². The Morgan fingerprint density at radius 1 is 1.25 bits per heavy atom. The number of nitrogens with zero attached hydrogens (tertiary/aromatic N) is 2. The normalized spacial score (nSPS) is 18.2. The number of halogens is 3. The number of aliphatic carboxylic acids is 1. The van der Waals surface area contributed by atoms with Crippen LogP contribution in [0.15, 0.2) is 30.5 Å². The van der Waals surface area contributed by atoms with Gasteiger partial charge in [-0.3, -0.25) is 9.00 Å². The maximum atomic E-state index is 13.8. The predicted molar refractivity (Wildman–Crippen MR) is 114 cm³/mol. The first kappa shape index (κ1) is 24.4. The zero-order valence-corrected chi connectivity index (χ0v) is 18.8. The number of benzene rings is 1. The number of hydrogen-bond acceptors (Lipinski definition) is 4. The number of aliphatic hydroxyl groups is 1. The van der Waals surface area contributed by atoms with Crippen LogP contribution in [0.2, 0.25) is 0 Å². The summed E-state index contributed by atoms with van der Waals surface area (Å²) in [5.74, 6) is -1.39.